The Balaban J connectivity index is 3.34. The number of nitriles is 2. The highest BCUT2D eigenvalue weighted by Gasteiger charge is 2.27. The molecule has 1 aromatic rings. The Morgan fingerprint density at radius 2 is 1.95 bits per heavy atom. The van der Waals surface area contributed by atoms with E-state index in [1.165, 1.54) is 9.91 Å². The number of anilines is 2. The van der Waals surface area contributed by atoms with E-state index in [0.29, 0.717) is 0 Å². The quantitative estimate of drug-likeness (QED) is 0.436. The minimum absolute atomic E-state index is 0.00844. The second-order valence-corrected chi connectivity index (χ2v) is 3.83. The fraction of sp³-hybridized carbons (Fsp3) is 0.400. The topological polar surface area (TPSA) is 135 Å². The molecule has 104 valence electrons. The largest absolute Gasteiger partial charge is 0.354 e. The third-order valence-electron chi connectivity index (χ3n) is 2.14. The van der Waals surface area contributed by atoms with E-state index in [0.717, 1.165) is 6.33 Å². The first-order valence-corrected chi connectivity index (χ1v) is 5.43. The first kappa shape index (κ1) is 15.1. The Morgan fingerprint density at radius 3 is 2.40 bits per heavy atom. The van der Waals surface area contributed by atoms with Gasteiger partial charge in [0.1, 0.15) is 19.4 Å². The van der Waals surface area contributed by atoms with Gasteiger partial charge in [-0.2, -0.15) is 10.5 Å². The Morgan fingerprint density at radius 1 is 1.35 bits per heavy atom. The summed E-state index contributed by atoms with van der Waals surface area (Å²) in [6, 6.07) is 3.68. The first-order chi connectivity index (χ1) is 9.51. The van der Waals surface area contributed by atoms with Crippen molar-refractivity contribution >= 4 is 17.3 Å². The summed E-state index contributed by atoms with van der Waals surface area (Å²) in [6.07, 6.45) is 1.13. The fourth-order valence-electron chi connectivity index (χ4n) is 1.44. The molecular weight excluding hydrogens is 264 g/mol. The number of hydrogen-bond acceptors (Lipinski definition) is 9. The molecule has 1 heterocycles. The van der Waals surface area contributed by atoms with Gasteiger partial charge in [0.2, 0.25) is 11.6 Å². The Hall–Kier alpha value is -2.98. The van der Waals surface area contributed by atoms with Gasteiger partial charge < -0.3 is 4.90 Å². The van der Waals surface area contributed by atoms with E-state index >= 15 is 0 Å². The van der Waals surface area contributed by atoms with Crippen LogP contribution in [0.2, 0.25) is 0 Å². The smallest absolute Gasteiger partial charge is 0.324 e. The molecule has 20 heavy (non-hydrogen) atoms. The van der Waals surface area contributed by atoms with Crippen molar-refractivity contribution in [3.8, 4) is 12.1 Å². The Labute approximate surface area is 115 Å². The van der Waals surface area contributed by atoms with Crippen molar-refractivity contribution in [1.29, 1.82) is 10.5 Å². The number of aromatic nitrogens is 2. The van der Waals surface area contributed by atoms with Gasteiger partial charge in [-0.15, -0.1) is 0 Å². The number of rotatable bonds is 6. The molecule has 1 aromatic heterocycles. The molecule has 0 unspecified atom stereocenters. The van der Waals surface area contributed by atoms with Crippen LogP contribution >= 0.6 is 0 Å². The molecule has 0 aromatic carbocycles. The molecule has 0 amide bonds. The fourth-order valence-corrected chi connectivity index (χ4v) is 1.44. The van der Waals surface area contributed by atoms with Crippen molar-refractivity contribution in [3.63, 3.8) is 0 Å². The minimum atomic E-state index is -0.650. The molecule has 0 saturated carbocycles. The van der Waals surface area contributed by atoms with Crippen molar-refractivity contribution in [3.05, 3.63) is 16.4 Å². The highest BCUT2D eigenvalue weighted by molar-refractivity contribution is 5.70. The molecule has 0 spiro atoms. The predicted octanol–water partition coefficient (Wildman–Crippen LogP) is 0.127. The van der Waals surface area contributed by atoms with Crippen molar-refractivity contribution in [2.45, 2.75) is 0 Å². The Kier molecular flexibility index (Phi) is 5.14. The molecule has 1 rings (SSSR count). The van der Waals surface area contributed by atoms with E-state index in [1.54, 1.807) is 14.1 Å². The molecule has 1 N–H and O–H groups in total. The average Bonchev–Trinajstić information content (AvgIpc) is 2.37. The second-order valence-electron chi connectivity index (χ2n) is 3.83. The van der Waals surface area contributed by atoms with Crippen LogP contribution in [-0.4, -0.2) is 47.1 Å². The molecule has 0 aliphatic heterocycles. The monoisotopic (exact) mass is 276 g/mol. The highest BCUT2D eigenvalue weighted by Crippen LogP contribution is 2.31. The van der Waals surface area contributed by atoms with Crippen LogP contribution in [-0.2, 0) is 0 Å². The molecule has 0 atom stereocenters. The van der Waals surface area contributed by atoms with E-state index < -0.39 is 4.92 Å². The Bertz CT molecular complexity index is 558. The molecule has 0 radical (unpaired) electrons. The van der Waals surface area contributed by atoms with Crippen LogP contribution in [0, 0.1) is 32.8 Å². The van der Waals surface area contributed by atoms with Crippen LogP contribution in [0.15, 0.2) is 6.33 Å². The van der Waals surface area contributed by atoms with Gasteiger partial charge in [-0.05, 0) is 0 Å². The van der Waals surface area contributed by atoms with Crippen LogP contribution in [0.1, 0.15) is 0 Å². The third kappa shape index (κ3) is 3.51. The van der Waals surface area contributed by atoms with Crippen LogP contribution in [0.5, 0.6) is 0 Å². The van der Waals surface area contributed by atoms with E-state index in [2.05, 4.69) is 15.4 Å². The van der Waals surface area contributed by atoms with Crippen molar-refractivity contribution in [2.75, 3.05) is 37.5 Å². The molecule has 10 heteroatoms. The van der Waals surface area contributed by atoms with Crippen LogP contribution in [0.3, 0.4) is 0 Å². The van der Waals surface area contributed by atoms with E-state index in [9.17, 15) is 10.1 Å². The number of nitro groups is 1. The second kappa shape index (κ2) is 6.82. The predicted molar refractivity (Wildman–Crippen MR) is 69.4 cm³/mol. The SMILES string of the molecule is CN(C)Nc1ncnc(N(CC#N)CC#N)c1[N+](=O)[O-]. The number of hydrogen-bond donors (Lipinski definition) is 1. The van der Waals surface area contributed by atoms with Gasteiger partial charge in [0.25, 0.3) is 0 Å². The summed E-state index contributed by atoms with van der Waals surface area (Å²) in [4.78, 5) is 19.4. The average molecular weight is 276 g/mol. The zero-order chi connectivity index (χ0) is 15.1. The van der Waals surface area contributed by atoms with Crippen LogP contribution in [0.4, 0.5) is 17.3 Å². The van der Waals surface area contributed by atoms with Gasteiger partial charge >= 0.3 is 5.69 Å². The normalized spacial score (nSPS) is 9.65. The van der Waals surface area contributed by atoms with Crippen molar-refractivity contribution in [1.82, 2.24) is 15.0 Å². The van der Waals surface area contributed by atoms with Crippen LogP contribution < -0.4 is 10.3 Å². The zero-order valence-electron chi connectivity index (χ0n) is 10.9. The molecule has 0 saturated heterocycles. The van der Waals surface area contributed by atoms with Crippen molar-refractivity contribution < 1.29 is 4.92 Å². The third-order valence-corrected chi connectivity index (χ3v) is 2.14. The summed E-state index contributed by atoms with van der Waals surface area (Å²) >= 11 is 0. The van der Waals surface area contributed by atoms with Gasteiger partial charge in [-0.25, -0.2) is 15.0 Å². The standard InChI is InChI=1S/C10H12N8O2/c1-16(2)15-9-8(18(19)20)10(14-7-13-9)17(5-3-11)6-4-12/h7H,5-6H2,1-2H3,(H,13,14,15). The summed E-state index contributed by atoms with van der Waals surface area (Å²) in [7, 11) is 3.29. The minimum Gasteiger partial charge on any atom is -0.324 e. The molecule has 0 aliphatic carbocycles. The maximum atomic E-state index is 11.2. The molecule has 10 nitrogen and oxygen atoms in total. The molecule has 0 fully saturated rings. The summed E-state index contributed by atoms with van der Waals surface area (Å²) in [5, 5.41) is 30.2. The lowest BCUT2D eigenvalue weighted by molar-refractivity contribution is -0.383. The zero-order valence-corrected chi connectivity index (χ0v) is 10.9. The van der Waals surface area contributed by atoms with Crippen LogP contribution in [0.25, 0.3) is 0 Å². The lowest BCUT2D eigenvalue weighted by atomic mass is 10.3. The van der Waals surface area contributed by atoms with Gasteiger partial charge in [-0.1, -0.05) is 0 Å². The summed E-state index contributed by atoms with van der Waals surface area (Å²) in [6.45, 7) is -0.375. The molecule has 0 aliphatic rings. The molecular formula is C10H12N8O2. The lowest BCUT2D eigenvalue weighted by Gasteiger charge is -2.18. The summed E-state index contributed by atoms with van der Waals surface area (Å²) < 4.78 is 0. The van der Waals surface area contributed by atoms with E-state index in [1.807, 2.05) is 12.1 Å². The van der Waals surface area contributed by atoms with E-state index in [4.69, 9.17) is 10.5 Å². The maximum absolute atomic E-state index is 11.2. The number of nitrogens with zero attached hydrogens (tertiary/aromatic N) is 7. The van der Waals surface area contributed by atoms with Gasteiger partial charge in [0, 0.05) is 14.1 Å². The van der Waals surface area contributed by atoms with Crippen molar-refractivity contribution in [2.24, 2.45) is 0 Å². The maximum Gasteiger partial charge on any atom is 0.354 e. The summed E-state index contributed by atoms with van der Waals surface area (Å²) in [5.41, 5.74) is 2.30. The molecule has 0 bridgehead atoms. The lowest BCUT2D eigenvalue weighted by Crippen LogP contribution is -2.27. The summed E-state index contributed by atoms with van der Waals surface area (Å²) in [5.74, 6) is -0.0803. The van der Waals surface area contributed by atoms with E-state index in [-0.39, 0.29) is 30.4 Å². The number of hydrazine groups is 1. The highest BCUT2D eigenvalue weighted by atomic mass is 16.6. The number of nitrogens with one attached hydrogen (secondary N) is 1. The van der Waals surface area contributed by atoms with Gasteiger partial charge in [-0.3, -0.25) is 15.5 Å². The van der Waals surface area contributed by atoms with Gasteiger partial charge in [0.15, 0.2) is 0 Å². The first-order valence-electron chi connectivity index (χ1n) is 5.43. The van der Waals surface area contributed by atoms with Gasteiger partial charge in [0.05, 0.1) is 17.1 Å².